The average Bonchev–Trinajstić information content (AvgIpc) is 2.93. The van der Waals surface area contributed by atoms with Gasteiger partial charge in [-0.2, -0.15) is 13.5 Å². The number of nitrogens with zero attached hydrogens (tertiary/aromatic N) is 3. The van der Waals surface area contributed by atoms with Crippen LogP contribution in [0.2, 0.25) is 0 Å². The van der Waals surface area contributed by atoms with Crippen molar-refractivity contribution in [1.29, 1.82) is 0 Å². The van der Waals surface area contributed by atoms with Gasteiger partial charge in [0.05, 0.1) is 18.3 Å². The van der Waals surface area contributed by atoms with Crippen molar-refractivity contribution in [3.63, 3.8) is 0 Å². The van der Waals surface area contributed by atoms with Crippen molar-refractivity contribution in [1.82, 2.24) is 9.96 Å². The summed E-state index contributed by atoms with van der Waals surface area (Å²) >= 11 is 0. The maximum atomic E-state index is 12.3. The molecule has 0 unspecified atom stereocenters. The number of carbonyl (C=O) groups is 1. The van der Waals surface area contributed by atoms with E-state index >= 15 is 0 Å². The molecular weight excluding hydrogens is 330 g/mol. The molecule has 2 rings (SSSR count). The van der Waals surface area contributed by atoms with Gasteiger partial charge in [-0.1, -0.05) is 5.16 Å². The van der Waals surface area contributed by atoms with Crippen LogP contribution in [0.15, 0.2) is 5.16 Å². The van der Waals surface area contributed by atoms with Crippen LogP contribution < -0.4 is 11.5 Å². The third-order valence-corrected chi connectivity index (χ3v) is 4.32. The van der Waals surface area contributed by atoms with Crippen molar-refractivity contribution in [2.24, 2.45) is 16.6 Å². The lowest BCUT2D eigenvalue weighted by atomic mass is 9.92. The number of hydroxylamine groups is 2. The summed E-state index contributed by atoms with van der Waals surface area (Å²) in [5, 5.41) is 4.62. The van der Waals surface area contributed by atoms with Crippen molar-refractivity contribution in [2.45, 2.75) is 31.4 Å². The molecule has 2 aliphatic rings. The summed E-state index contributed by atoms with van der Waals surface area (Å²) < 4.78 is 34.6. The van der Waals surface area contributed by atoms with Gasteiger partial charge in [-0.25, -0.2) is 4.79 Å². The minimum atomic E-state index is -4.76. The van der Waals surface area contributed by atoms with E-state index < -0.39 is 22.0 Å². The summed E-state index contributed by atoms with van der Waals surface area (Å²) in [6.45, 7) is 2.41. The minimum absolute atomic E-state index is 0.0168. The SMILES string of the molecule is CCN1C(=O)N(OS(=O)(=O)O)CC[C@H]1C1=NOC(CN)(CN)C1. The molecule has 2 aliphatic heterocycles. The molecule has 1 saturated heterocycles. The lowest BCUT2D eigenvalue weighted by Gasteiger charge is -2.39. The van der Waals surface area contributed by atoms with Crippen LogP contribution in [0.1, 0.15) is 19.8 Å². The Labute approximate surface area is 134 Å². The highest BCUT2D eigenvalue weighted by molar-refractivity contribution is 7.80. The zero-order chi connectivity index (χ0) is 17.3. The molecule has 0 radical (unpaired) electrons. The summed E-state index contributed by atoms with van der Waals surface area (Å²) in [7, 11) is -4.76. The smallest absolute Gasteiger partial charge is 0.386 e. The van der Waals surface area contributed by atoms with Crippen molar-refractivity contribution in [3.8, 4) is 0 Å². The Morgan fingerprint density at radius 1 is 1.48 bits per heavy atom. The van der Waals surface area contributed by atoms with E-state index in [0.29, 0.717) is 30.2 Å². The number of hydrogen-bond acceptors (Lipinski definition) is 8. The fraction of sp³-hybridized carbons (Fsp3) is 0.818. The lowest BCUT2D eigenvalue weighted by molar-refractivity contribution is -0.0519. The van der Waals surface area contributed by atoms with Gasteiger partial charge >= 0.3 is 16.4 Å². The Hall–Kier alpha value is -1.47. The zero-order valence-electron chi connectivity index (χ0n) is 12.7. The Bertz CT molecular complexity index is 590. The first-order chi connectivity index (χ1) is 10.7. The Morgan fingerprint density at radius 3 is 2.61 bits per heavy atom. The van der Waals surface area contributed by atoms with Crippen molar-refractivity contribution >= 4 is 22.1 Å². The first kappa shape index (κ1) is 17.9. The first-order valence-electron chi connectivity index (χ1n) is 7.15. The normalized spacial score (nSPS) is 24.6. The molecule has 11 nitrogen and oxygen atoms in total. The summed E-state index contributed by atoms with van der Waals surface area (Å²) in [5.41, 5.74) is 11.2. The molecule has 0 bridgehead atoms. The number of nitrogens with two attached hydrogens (primary N) is 2. The van der Waals surface area contributed by atoms with E-state index in [0.717, 1.165) is 0 Å². The third-order valence-electron chi connectivity index (χ3n) is 3.95. The van der Waals surface area contributed by atoms with Gasteiger partial charge in [0.2, 0.25) is 0 Å². The van der Waals surface area contributed by atoms with Gasteiger partial charge < -0.3 is 21.2 Å². The zero-order valence-corrected chi connectivity index (χ0v) is 13.5. The van der Waals surface area contributed by atoms with E-state index in [1.807, 2.05) is 0 Å². The average molecular weight is 351 g/mol. The molecule has 0 spiro atoms. The predicted octanol–water partition coefficient (Wildman–Crippen LogP) is -1.33. The molecule has 1 fully saturated rings. The van der Waals surface area contributed by atoms with Crippen LogP contribution in [0.25, 0.3) is 0 Å². The van der Waals surface area contributed by atoms with Crippen molar-refractivity contribution < 1.29 is 26.9 Å². The fourth-order valence-corrected chi connectivity index (χ4v) is 3.05. The molecule has 1 atom stereocenters. The number of hydrogen-bond donors (Lipinski definition) is 3. The van der Waals surface area contributed by atoms with Gasteiger partial charge in [-0.3, -0.25) is 4.55 Å². The van der Waals surface area contributed by atoms with Crippen molar-refractivity contribution in [2.75, 3.05) is 26.2 Å². The summed E-state index contributed by atoms with van der Waals surface area (Å²) in [4.78, 5) is 19.1. The number of carbonyl (C=O) groups excluding carboxylic acids is 1. The molecule has 2 heterocycles. The topological polar surface area (TPSA) is 161 Å². The second-order valence-corrected chi connectivity index (χ2v) is 6.42. The quantitative estimate of drug-likeness (QED) is 0.496. The number of oxime groups is 1. The molecule has 0 aromatic rings. The molecular formula is C11H21N5O6S. The van der Waals surface area contributed by atoms with Crippen LogP contribution in [-0.2, 0) is 19.5 Å². The molecule has 2 amide bonds. The van der Waals surface area contributed by atoms with Gasteiger partial charge in [0.15, 0.2) is 5.60 Å². The maximum absolute atomic E-state index is 12.3. The Balaban J connectivity index is 2.12. The Kier molecular flexibility index (Phi) is 5.10. The van der Waals surface area contributed by atoms with Crippen LogP contribution in [0, 0.1) is 0 Å². The number of urea groups is 1. The number of rotatable bonds is 6. The summed E-state index contributed by atoms with van der Waals surface area (Å²) in [5.74, 6) is 0. The van der Waals surface area contributed by atoms with Crippen LogP contribution in [0.4, 0.5) is 4.79 Å². The van der Waals surface area contributed by atoms with E-state index in [1.165, 1.54) is 4.90 Å². The molecule has 132 valence electrons. The van der Waals surface area contributed by atoms with E-state index in [-0.39, 0.29) is 25.7 Å². The summed E-state index contributed by atoms with van der Waals surface area (Å²) in [6, 6.07) is -1.05. The molecule has 0 saturated carbocycles. The molecule has 0 aromatic carbocycles. The number of amides is 2. The predicted molar refractivity (Wildman–Crippen MR) is 79.5 cm³/mol. The molecule has 23 heavy (non-hydrogen) atoms. The second kappa shape index (κ2) is 6.57. The Morgan fingerprint density at radius 2 is 2.13 bits per heavy atom. The van der Waals surface area contributed by atoms with E-state index in [4.69, 9.17) is 20.9 Å². The highest BCUT2D eigenvalue weighted by Gasteiger charge is 2.44. The fourth-order valence-electron chi connectivity index (χ4n) is 2.68. The third kappa shape index (κ3) is 3.72. The van der Waals surface area contributed by atoms with Gasteiger partial charge in [0.25, 0.3) is 0 Å². The maximum Gasteiger partial charge on any atom is 0.418 e. The van der Waals surface area contributed by atoms with Crippen LogP contribution in [0.5, 0.6) is 0 Å². The van der Waals surface area contributed by atoms with Gasteiger partial charge in [0, 0.05) is 26.1 Å². The monoisotopic (exact) mass is 351 g/mol. The van der Waals surface area contributed by atoms with Gasteiger partial charge in [-0.15, -0.1) is 4.28 Å². The highest BCUT2D eigenvalue weighted by Crippen LogP contribution is 2.28. The van der Waals surface area contributed by atoms with Crippen molar-refractivity contribution in [3.05, 3.63) is 0 Å². The lowest BCUT2D eigenvalue weighted by Crippen LogP contribution is -2.57. The van der Waals surface area contributed by atoms with E-state index in [2.05, 4.69) is 9.44 Å². The molecule has 5 N–H and O–H groups in total. The largest absolute Gasteiger partial charge is 0.418 e. The highest BCUT2D eigenvalue weighted by atomic mass is 32.3. The minimum Gasteiger partial charge on any atom is -0.386 e. The van der Waals surface area contributed by atoms with Gasteiger partial charge in [0.1, 0.15) is 0 Å². The van der Waals surface area contributed by atoms with Crippen LogP contribution in [-0.4, -0.2) is 72.5 Å². The standard InChI is InChI=1S/C11H21N5O6S/c1-2-15-9(8-5-11(6-12,7-13)21-14-8)3-4-16(10(15)17)22-23(18,19)20/h9H,2-7,12-13H2,1H3,(H,18,19,20)/t9-/m0/s1. The van der Waals surface area contributed by atoms with Gasteiger partial charge in [-0.05, 0) is 13.3 Å². The molecule has 0 aromatic heterocycles. The second-order valence-electron chi connectivity index (χ2n) is 5.42. The van der Waals surface area contributed by atoms with E-state index in [9.17, 15) is 13.2 Å². The first-order valence-corrected chi connectivity index (χ1v) is 8.52. The molecule has 0 aliphatic carbocycles. The van der Waals surface area contributed by atoms with Crippen LogP contribution >= 0.6 is 0 Å². The van der Waals surface area contributed by atoms with Crippen LogP contribution in [0.3, 0.4) is 0 Å². The molecule has 12 heteroatoms. The summed E-state index contributed by atoms with van der Waals surface area (Å²) in [6.07, 6.45) is 0.760. The van der Waals surface area contributed by atoms with E-state index in [1.54, 1.807) is 6.92 Å².